The molecule has 5 heteroatoms. The van der Waals surface area contributed by atoms with Gasteiger partial charge in [-0.2, -0.15) is 0 Å². The lowest BCUT2D eigenvalue weighted by molar-refractivity contribution is -0.117. The Morgan fingerprint density at radius 2 is 2.09 bits per heavy atom. The van der Waals surface area contributed by atoms with Crippen molar-refractivity contribution in [3.05, 3.63) is 48.0 Å². The van der Waals surface area contributed by atoms with Crippen LogP contribution in [0.4, 0.5) is 5.69 Å². The van der Waals surface area contributed by atoms with Crippen LogP contribution in [0.15, 0.2) is 36.5 Å². The van der Waals surface area contributed by atoms with Gasteiger partial charge >= 0.3 is 0 Å². The first-order valence-electron chi connectivity index (χ1n) is 8.36. The van der Waals surface area contributed by atoms with Gasteiger partial charge in [-0.05, 0) is 31.9 Å². The van der Waals surface area contributed by atoms with E-state index in [1.165, 1.54) is 25.1 Å². The third-order valence-corrected chi connectivity index (χ3v) is 4.23. The highest BCUT2D eigenvalue weighted by Gasteiger charge is 2.15. The molecule has 0 aliphatic carbocycles. The van der Waals surface area contributed by atoms with Gasteiger partial charge in [-0.25, -0.2) is 4.98 Å². The summed E-state index contributed by atoms with van der Waals surface area (Å²) in [5.41, 5.74) is 1.83. The molecule has 122 valence electrons. The molecule has 23 heavy (non-hydrogen) atoms. The van der Waals surface area contributed by atoms with Gasteiger partial charge in [0.2, 0.25) is 5.91 Å². The number of carbonyl (C=O) groups excluding carboxylic acids is 1. The monoisotopic (exact) mass is 312 g/mol. The van der Waals surface area contributed by atoms with E-state index >= 15 is 0 Å². The molecule has 1 aromatic heterocycles. The number of hydrogen-bond acceptors (Lipinski definition) is 3. The molecule has 5 nitrogen and oxygen atoms in total. The molecule has 1 aliphatic rings. The highest BCUT2D eigenvalue weighted by molar-refractivity contribution is 5.94. The minimum absolute atomic E-state index is 0.0306. The van der Waals surface area contributed by atoms with Crippen LogP contribution < -0.4 is 10.6 Å². The summed E-state index contributed by atoms with van der Waals surface area (Å²) in [6.45, 7) is 3.55. The van der Waals surface area contributed by atoms with Crippen LogP contribution in [0.2, 0.25) is 0 Å². The number of nitrogens with zero attached hydrogens (tertiary/aromatic N) is 2. The number of para-hydroxylation sites is 1. The fourth-order valence-electron chi connectivity index (χ4n) is 2.86. The average Bonchev–Trinajstić information content (AvgIpc) is 2.83. The molecule has 3 rings (SSSR count). The molecule has 2 N–H and O–H groups in total. The molecule has 2 aromatic rings. The first kappa shape index (κ1) is 15.7. The van der Waals surface area contributed by atoms with Gasteiger partial charge in [0.15, 0.2) is 0 Å². The summed E-state index contributed by atoms with van der Waals surface area (Å²) in [6, 6.07) is 9.25. The second-order valence-corrected chi connectivity index (χ2v) is 6.11. The van der Waals surface area contributed by atoms with Gasteiger partial charge in [-0.3, -0.25) is 4.79 Å². The Morgan fingerprint density at radius 1 is 1.26 bits per heavy atom. The number of rotatable bonds is 5. The van der Waals surface area contributed by atoms with Crippen molar-refractivity contribution in [3.8, 4) is 0 Å². The van der Waals surface area contributed by atoms with Crippen molar-refractivity contribution in [2.75, 3.05) is 5.32 Å². The number of fused-ring (bicyclic) bond motifs is 1. The van der Waals surface area contributed by atoms with E-state index in [-0.39, 0.29) is 11.9 Å². The maximum Gasteiger partial charge on any atom is 0.241 e. The van der Waals surface area contributed by atoms with Crippen LogP contribution in [-0.2, 0) is 24.3 Å². The summed E-state index contributed by atoms with van der Waals surface area (Å²) < 4.78 is 2.26. The van der Waals surface area contributed by atoms with E-state index in [9.17, 15) is 4.79 Å². The smallest absolute Gasteiger partial charge is 0.241 e. The zero-order chi connectivity index (χ0) is 16.1. The maximum atomic E-state index is 12.2. The molecule has 1 aromatic carbocycles. The quantitative estimate of drug-likeness (QED) is 0.892. The third kappa shape index (κ3) is 4.20. The second kappa shape index (κ2) is 7.42. The molecule has 0 spiro atoms. The maximum absolute atomic E-state index is 12.2. The highest BCUT2D eigenvalue weighted by atomic mass is 16.2. The van der Waals surface area contributed by atoms with Gasteiger partial charge < -0.3 is 15.2 Å². The molecule has 0 fully saturated rings. The highest BCUT2D eigenvalue weighted by Crippen LogP contribution is 2.14. The van der Waals surface area contributed by atoms with E-state index < -0.39 is 0 Å². The van der Waals surface area contributed by atoms with Gasteiger partial charge in [-0.1, -0.05) is 24.6 Å². The number of anilines is 1. The second-order valence-electron chi connectivity index (χ2n) is 6.11. The van der Waals surface area contributed by atoms with Crippen molar-refractivity contribution in [1.82, 2.24) is 14.9 Å². The predicted molar refractivity (Wildman–Crippen MR) is 91.2 cm³/mol. The van der Waals surface area contributed by atoms with Crippen LogP contribution in [0.25, 0.3) is 0 Å². The van der Waals surface area contributed by atoms with Crippen molar-refractivity contribution in [2.24, 2.45) is 0 Å². The largest absolute Gasteiger partial charge is 0.335 e. The summed E-state index contributed by atoms with van der Waals surface area (Å²) in [7, 11) is 0. The summed E-state index contributed by atoms with van der Waals surface area (Å²) in [5.74, 6) is 1.15. The molecule has 0 saturated heterocycles. The normalized spacial score (nSPS) is 15.5. The standard InChI is InChI=1S/C18H24N4O/c1-14(18(23)21-15-8-4-2-5-9-15)19-12-16-13-22-11-7-3-6-10-17(22)20-16/h2,4-5,8-9,13-14,19H,3,6-7,10-12H2,1H3,(H,21,23). The predicted octanol–water partition coefficient (Wildman–Crippen LogP) is 2.73. The molecule has 1 amide bonds. The first-order chi connectivity index (χ1) is 11.2. The minimum Gasteiger partial charge on any atom is -0.335 e. The summed E-state index contributed by atoms with van der Waals surface area (Å²) in [6.07, 6.45) is 6.92. The van der Waals surface area contributed by atoms with Crippen molar-refractivity contribution >= 4 is 11.6 Å². The van der Waals surface area contributed by atoms with E-state index in [0.29, 0.717) is 6.54 Å². The molecule has 0 bridgehead atoms. The molecule has 1 unspecified atom stereocenters. The first-order valence-corrected chi connectivity index (χ1v) is 8.36. The number of carbonyl (C=O) groups is 1. The third-order valence-electron chi connectivity index (χ3n) is 4.23. The number of aromatic nitrogens is 2. The lowest BCUT2D eigenvalue weighted by Gasteiger charge is -2.13. The fourth-order valence-corrected chi connectivity index (χ4v) is 2.86. The zero-order valence-electron chi connectivity index (χ0n) is 13.6. The lowest BCUT2D eigenvalue weighted by Crippen LogP contribution is -2.37. The fraction of sp³-hybridized carbons (Fsp3) is 0.444. The molecular formula is C18H24N4O. The van der Waals surface area contributed by atoms with Crippen LogP contribution in [0.3, 0.4) is 0 Å². The molecule has 1 aliphatic heterocycles. The van der Waals surface area contributed by atoms with Gasteiger partial charge in [0.1, 0.15) is 5.82 Å². The number of hydrogen-bond donors (Lipinski definition) is 2. The molecule has 2 heterocycles. The Kier molecular flexibility index (Phi) is 5.08. The molecular weight excluding hydrogens is 288 g/mol. The van der Waals surface area contributed by atoms with Crippen molar-refractivity contribution in [1.29, 1.82) is 0 Å². The number of nitrogens with one attached hydrogen (secondary N) is 2. The van der Waals surface area contributed by atoms with Crippen molar-refractivity contribution in [2.45, 2.75) is 51.7 Å². The average molecular weight is 312 g/mol. The Balaban J connectivity index is 1.52. The molecule has 0 radical (unpaired) electrons. The van der Waals surface area contributed by atoms with E-state index in [2.05, 4.69) is 21.4 Å². The van der Waals surface area contributed by atoms with E-state index in [4.69, 9.17) is 4.98 Å². The van der Waals surface area contributed by atoms with Crippen molar-refractivity contribution in [3.63, 3.8) is 0 Å². The van der Waals surface area contributed by atoms with Gasteiger partial charge in [0.25, 0.3) is 0 Å². The van der Waals surface area contributed by atoms with Gasteiger partial charge in [0.05, 0.1) is 11.7 Å². The molecule has 0 saturated carbocycles. The van der Waals surface area contributed by atoms with Crippen LogP contribution in [-0.4, -0.2) is 21.5 Å². The Bertz CT molecular complexity index is 627. The number of benzene rings is 1. The minimum atomic E-state index is -0.267. The number of aryl methyl sites for hydroxylation is 2. The summed E-state index contributed by atoms with van der Waals surface area (Å²) in [5, 5.41) is 6.16. The van der Waals surface area contributed by atoms with Crippen LogP contribution in [0.5, 0.6) is 0 Å². The Hall–Kier alpha value is -2.14. The van der Waals surface area contributed by atoms with E-state index in [0.717, 1.165) is 24.3 Å². The zero-order valence-corrected chi connectivity index (χ0v) is 13.6. The van der Waals surface area contributed by atoms with Gasteiger partial charge in [-0.15, -0.1) is 0 Å². The van der Waals surface area contributed by atoms with Crippen LogP contribution >= 0.6 is 0 Å². The van der Waals surface area contributed by atoms with Gasteiger partial charge in [0, 0.05) is 31.4 Å². The van der Waals surface area contributed by atoms with Crippen LogP contribution in [0.1, 0.15) is 37.7 Å². The summed E-state index contributed by atoms with van der Waals surface area (Å²) >= 11 is 0. The van der Waals surface area contributed by atoms with E-state index in [1.54, 1.807) is 0 Å². The summed E-state index contributed by atoms with van der Waals surface area (Å²) in [4.78, 5) is 16.9. The molecule has 1 atom stereocenters. The van der Waals surface area contributed by atoms with Crippen LogP contribution in [0, 0.1) is 0 Å². The SMILES string of the molecule is CC(NCc1cn2c(n1)CCCCC2)C(=O)Nc1ccccc1. The van der Waals surface area contributed by atoms with E-state index in [1.807, 2.05) is 37.3 Å². The van der Waals surface area contributed by atoms with Crippen molar-refractivity contribution < 1.29 is 4.79 Å². The number of imidazole rings is 1. The lowest BCUT2D eigenvalue weighted by atomic mass is 10.2. The number of amides is 1. The Morgan fingerprint density at radius 3 is 2.91 bits per heavy atom. The topological polar surface area (TPSA) is 59.0 Å². The Labute approximate surface area is 137 Å².